The highest BCUT2D eigenvalue weighted by Gasteiger charge is 2.29. The van der Waals surface area contributed by atoms with Crippen LogP contribution < -0.4 is 0 Å². The molecular weight excluding hydrogens is 207 g/mol. The summed E-state index contributed by atoms with van der Waals surface area (Å²) in [4.78, 5) is 4.15. The normalized spacial score (nSPS) is 22.9. The van der Waals surface area contributed by atoms with Crippen molar-refractivity contribution in [2.24, 2.45) is 5.92 Å². The minimum atomic E-state index is -0.305. The van der Waals surface area contributed by atoms with Crippen molar-refractivity contribution in [3.05, 3.63) is 17.3 Å². The van der Waals surface area contributed by atoms with Crippen LogP contribution in [0, 0.1) is 5.92 Å². The SMILES string of the molecule is C/C(=C(/F)c1nc(C2CCC2)no1)C1CC1. The van der Waals surface area contributed by atoms with Gasteiger partial charge in [0.15, 0.2) is 11.7 Å². The molecule has 16 heavy (non-hydrogen) atoms. The maximum atomic E-state index is 13.9. The fourth-order valence-corrected chi connectivity index (χ4v) is 2.02. The lowest BCUT2D eigenvalue weighted by Crippen LogP contribution is -2.10. The van der Waals surface area contributed by atoms with Gasteiger partial charge in [-0.2, -0.15) is 4.98 Å². The molecule has 0 spiro atoms. The second-order valence-corrected chi connectivity index (χ2v) is 4.86. The van der Waals surface area contributed by atoms with Crippen LogP contribution in [0.3, 0.4) is 0 Å². The van der Waals surface area contributed by atoms with Crippen LogP contribution >= 0.6 is 0 Å². The van der Waals surface area contributed by atoms with E-state index in [1.165, 1.54) is 6.42 Å². The second-order valence-electron chi connectivity index (χ2n) is 4.86. The predicted molar refractivity (Wildman–Crippen MR) is 57.3 cm³/mol. The minimum Gasteiger partial charge on any atom is -0.331 e. The molecule has 2 saturated carbocycles. The van der Waals surface area contributed by atoms with E-state index in [0.717, 1.165) is 31.3 Å². The van der Waals surface area contributed by atoms with Crippen molar-refractivity contribution in [1.82, 2.24) is 10.1 Å². The summed E-state index contributed by atoms with van der Waals surface area (Å²) in [6.07, 6.45) is 5.59. The molecule has 1 heterocycles. The second kappa shape index (κ2) is 3.68. The molecule has 86 valence electrons. The fraction of sp³-hybridized carbons (Fsp3) is 0.667. The summed E-state index contributed by atoms with van der Waals surface area (Å²) in [6, 6.07) is 0. The van der Waals surface area contributed by atoms with Crippen LogP contribution in [0.5, 0.6) is 0 Å². The van der Waals surface area contributed by atoms with E-state index in [1.54, 1.807) is 0 Å². The van der Waals surface area contributed by atoms with E-state index >= 15 is 0 Å². The van der Waals surface area contributed by atoms with Crippen LogP contribution in [0.15, 0.2) is 10.1 Å². The Labute approximate surface area is 93.7 Å². The summed E-state index contributed by atoms with van der Waals surface area (Å²) >= 11 is 0. The van der Waals surface area contributed by atoms with Crippen molar-refractivity contribution < 1.29 is 8.91 Å². The Morgan fingerprint density at radius 1 is 1.31 bits per heavy atom. The molecule has 0 unspecified atom stereocenters. The van der Waals surface area contributed by atoms with E-state index in [4.69, 9.17) is 4.52 Å². The summed E-state index contributed by atoms with van der Waals surface area (Å²) in [6.45, 7) is 1.82. The summed E-state index contributed by atoms with van der Waals surface area (Å²) in [5, 5.41) is 3.86. The van der Waals surface area contributed by atoms with E-state index in [0.29, 0.717) is 17.7 Å². The summed E-state index contributed by atoms with van der Waals surface area (Å²) < 4.78 is 18.9. The van der Waals surface area contributed by atoms with E-state index in [2.05, 4.69) is 10.1 Å². The smallest absolute Gasteiger partial charge is 0.286 e. The van der Waals surface area contributed by atoms with Crippen LogP contribution in [0.2, 0.25) is 0 Å². The first-order valence-electron chi connectivity index (χ1n) is 5.96. The molecule has 0 bridgehead atoms. The van der Waals surface area contributed by atoms with Gasteiger partial charge >= 0.3 is 0 Å². The van der Waals surface area contributed by atoms with Gasteiger partial charge in [0.2, 0.25) is 0 Å². The van der Waals surface area contributed by atoms with Gasteiger partial charge in [0.25, 0.3) is 5.89 Å². The highest BCUT2D eigenvalue weighted by molar-refractivity contribution is 5.55. The Kier molecular flexibility index (Phi) is 2.30. The molecule has 0 radical (unpaired) electrons. The van der Waals surface area contributed by atoms with E-state index in [1.807, 2.05) is 6.92 Å². The van der Waals surface area contributed by atoms with Gasteiger partial charge in [0, 0.05) is 5.92 Å². The highest BCUT2D eigenvalue weighted by atomic mass is 19.1. The lowest BCUT2D eigenvalue weighted by Gasteiger charge is -2.20. The number of halogens is 1. The van der Waals surface area contributed by atoms with Gasteiger partial charge in [0.05, 0.1) is 0 Å². The van der Waals surface area contributed by atoms with E-state index in [-0.39, 0.29) is 11.7 Å². The molecule has 0 amide bonds. The maximum Gasteiger partial charge on any atom is 0.286 e. The molecule has 0 aromatic carbocycles. The lowest BCUT2D eigenvalue weighted by atomic mass is 9.85. The summed E-state index contributed by atoms with van der Waals surface area (Å²) in [5.74, 6) is 1.25. The van der Waals surface area contributed by atoms with Gasteiger partial charge in [-0.3, -0.25) is 0 Å². The predicted octanol–water partition coefficient (Wildman–Crippen LogP) is 3.45. The average molecular weight is 222 g/mol. The molecule has 3 rings (SSSR count). The Morgan fingerprint density at radius 3 is 2.62 bits per heavy atom. The third kappa shape index (κ3) is 1.66. The van der Waals surface area contributed by atoms with Crippen LogP contribution in [-0.4, -0.2) is 10.1 Å². The van der Waals surface area contributed by atoms with Crippen LogP contribution in [0.4, 0.5) is 4.39 Å². The molecule has 2 aliphatic rings. The zero-order chi connectivity index (χ0) is 11.1. The maximum absolute atomic E-state index is 13.9. The lowest BCUT2D eigenvalue weighted by molar-refractivity contribution is 0.355. The van der Waals surface area contributed by atoms with Crippen molar-refractivity contribution >= 4 is 5.83 Å². The average Bonchev–Trinajstić information content (AvgIpc) is 2.95. The van der Waals surface area contributed by atoms with Crippen molar-refractivity contribution in [2.45, 2.75) is 44.9 Å². The van der Waals surface area contributed by atoms with Gasteiger partial charge < -0.3 is 4.52 Å². The van der Waals surface area contributed by atoms with Crippen molar-refractivity contribution in [3.8, 4) is 0 Å². The van der Waals surface area contributed by atoms with Crippen LogP contribution in [0.1, 0.15) is 56.7 Å². The molecular formula is C12H15FN2O. The topological polar surface area (TPSA) is 38.9 Å². The van der Waals surface area contributed by atoms with Gasteiger partial charge in [-0.1, -0.05) is 11.6 Å². The number of allylic oxidation sites excluding steroid dienone is 1. The van der Waals surface area contributed by atoms with Crippen molar-refractivity contribution in [3.63, 3.8) is 0 Å². The number of hydrogen-bond donors (Lipinski definition) is 0. The Balaban J connectivity index is 1.83. The number of nitrogens with zero attached hydrogens (tertiary/aromatic N) is 2. The van der Waals surface area contributed by atoms with Crippen molar-refractivity contribution in [1.29, 1.82) is 0 Å². The molecule has 2 fully saturated rings. The molecule has 1 aromatic rings. The third-order valence-corrected chi connectivity index (χ3v) is 3.64. The first kappa shape index (κ1) is 10.00. The molecule has 0 aliphatic heterocycles. The number of aromatic nitrogens is 2. The van der Waals surface area contributed by atoms with Gasteiger partial charge in [-0.05, 0) is 44.1 Å². The zero-order valence-electron chi connectivity index (χ0n) is 9.37. The number of rotatable bonds is 3. The standard InChI is InChI=1S/C12H15FN2O/c1-7(8-5-6-8)10(13)12-14-11(15-16-12)9-3-2-4-9/h8-9H,2-6H2,1H3/b10-7-. The van der Waals surface area contributed by atoms with Gasteiger partial charge in [-0.25, -0.2) is 4.39 Å². The van der Waals surface area contributed by atoms with E-state index < -0.39 is 0 Å². The molecule has 3 nitrogen and oxygen atoms in total. The Hall–Kier alpha value is -1.19. The summed E-state index contributed by atoms with van der Waals surface area (Å²) in [7, 11) is 0. The first-order chi connectivity index (χ1) is 7.75. The molecule has 0 saturated heterocycles. The third-order valence-electron chi connectivity index (χ3n) is 3.64. The molecule has 0 atom stereocenters. The van der Waals surface area contributed by atoms with Crippen molar-refractivity contribution in [2.75, 3.05) is 0 Å². The Bertz CT molecular complexity index is 430. The molecule has 2 aliphatic carbocycles. The monoisotopic (exact) mass is 222 g/mol. The van der Waals surface area contributed by atoms with Crippen LogP contribution in [-0.2, 0) is 0 Å². The molecule has 4 heteroatoms. The summed E-state index contributed by atoms with van der Waals surface area (Å²) in [5.41, 5.74) is 0.767. The Morgan fingerprint density at radius 2 is 2.06 bits per heavy atom. The minimum absolute atomic E-state index is 0.0753. The van der Waals surface area contributed by atoms with Gasteiger partial charge in [0.1, 0.15) is 0 Å². The quantitative estimate of drug-likeness (QED) is 0.786. The number of hydrogen-bond acceptors (Lipinski definition) is 3. The largest absolute Gasteiger partial charge is 0.331 e. The molecule has 1 aromatic heterocycles. The van der Waals surface area contributed by atoms with Crippen LogP contribution in [0.25, 0.3) is 5.83 Å². The van der Waals surface area contributed by atoms with E-state index in [9.17, 15) is 4.39 Å². The fourth-order valence-electron chi connectivity index (χ4n) is 2.02. The van der Waals surface area contributed by atoms with Gasteiger partial charge in [-0.15, -0.1) is 0 Å². The zero-order valence-corrected chi connectivity index (χ0v) is 9.37. The first-order valence-corrected chi connectivity index (χ1v) is 5.96. The molecule has 0 N–H and O–H groups in total. The highest BCUT2D eigenvalue weighted by Crippen LogP contribution is 2.40.